The lowest BCUT2D eigenvalue weighted by Gasteiger charge is -2.42. The third kappa shape index (κ3) is 3.25. The van der Waals surface area contributed by atoms with Gasteiger partial charge in [0.15, 0.2) is 0 Å². The Morgan fingerprint density at radius 3 is 2.61 bits per heavy atom. The quantitative estimate of drug-likeness (QED) is 0.598. The average molecular weight is 425 g/mol. The van der Waals surface area contributed by atoms with Crippen molar-refractivity contribution in [3.63, 3.8) is 0 Å². The number of hydrogen-bond donors (Lipinski definition) is 2. The molecule has 3 atom stereocenters. The SMILES string of the molecule is Clc1ccc(-c2nn(-c3ccccc3)cc2C2NC3=CC=CC4=CC=CC(N2)C43)cc1. The van der Waals surface area contributed by atoms with Gasteiger partial charge in [0.2, 0.25) is 0 Å². The van der Waals surface area contributed by atoms with Crippen LogP contribution in [-0.2, 0) is 0 Å². The highest BCUT2D eigenvalue weighted by Crippen LogP contribution is 2.38. The van der Waals surface area contributed by atoms with E-state index in [9.17, 15) is 0 Å². The molecule has 3 aliphatic rings. The molecule has 0 bridgehead atoms. The molecule has 1 saturated heterocycles. The van der Waals surface area contributed by atoms with Crippen LogP contribution in [0.15, 0.2) is 109 Å². The van der Waals surface area contributed by atoms with E-state index >= 15 is 0 Å². The van der Waals surface area contributed by atoms with Gasteiger partial charge in [-0.05, 0) is 35.9 Å². The predicted octanol–water partition coefficient (Wildman–Crippen LogP) is 5.32. The fourth-order valence-electron chi connectivity index (χ4n) is 4.61. The van der Waals surface area contributed by atoms with Crippen LogP contribution in [0.4, 0.5) is 0 Å². The Balaban J connectivity index is 1.45. The standard InChI is InChI=1S/C26H21ClN4/c27-19-14-12-18(13-15-19)25-21(16-31(30-25)20-8-2-1-3-9-20)26-28-22-10-4-6-17-7-5-11-23(29-26)24(17)22/h1-16,22,24,26,28-29H. The van der Waals surface area contributed by atoms with E-state index in [0.717, 1.165) is 27.5 Å². The third-order valence-corrected chi connectivity index (χ3v) is 6.34. The van der Waals surface area contributed by atoms with Gasteiger partial charge in [-0.25, -0.2) is 4.68 Å². The molecule has 1 aromatic heterocycles. The number of halogens is 1. The monoisotopic (exact) mass is 424 g/mol. The Morgan fingerprint density at radius 1 is 0.935 bits per heavy atom. The number of hydrogen-bond acceptors (Lipinski definition) is 3. The number of aromatic nitrogens is 2. The molecule has 1 fully saturated rings. The third-order valence-electron chi connectivity index (χ3n) is 6.09. The first kappa shape index (κ1) is 18.4. The second-order valence-corrected chi connectivity index (χ2v) is 8.44. The molecule has 2 heterocycles. The first-order chi connectivity index (χ1) is 15.3. The van der Waals surface area contributed by atoms with E-state index < -0.39 is 0 Å². The average Bonchev–Trinajstić information content (AvgIpc) is 3.26. The molecule has 0 spiro atoms. The molecule has 1 aliphatic heterocycles. The summed E-state index contributed by atoms with van der Waals surface area (Å²) in [4.78, 5) is 0. The maximum absolute atomic E-state index is 6.15. The lowest BCUT2D eigenvalue weighted by molar-refractivity contribution is 0.326. The van der Waals surface area contributed by atoms with Crippen LogP contribution >= 0.6 is 11.6 Å². The van der Waals surface area contributed by atoms with E-state index in [1.54, 1.807) is 0 Å². The summed E-state index contributed by atoms with van der Waals surface area (Å²) in [7, 11) is 0. The summed E-state index contributed by atoms with van der Waals surface area (Å²) in [5.41, 5.74) is 6.68. The molecule has 2 aromatic carbocycles. The van der Waals surface area contributed by atoms with Crippen molar-refractivity contribution >= 4 is 11.6 Å². The van der Waals surface area contributed by atoms with Crippen LogP contribution in [0.2, 0.25) is 5.02 Å². The largest absolute Gasteiger partial charge is 0.369 e. The minimum Gasteiger partial charge on any atom is -0.369 e. The van der Waals surface area contributed by atoms with Crippen molar-refractivity contribution in [3.05, 3.63) is 119 Å². The Kier molecular flexibility index (Phi) is 4.41. The highest BCUT2D eigenvalue weighted by molar-refractivity contribution is 6.30. The molecular formula is C26H21ClN4. The Hall–Kier alpha value is -3.34. The molecule has 5 heteroatoms. The lowest BCUT2D eigenvalue weighted by Crippen LogP contribution is -2.52. The number of allylic oxidation sites excluding steroid dienone is 5. The molecule has 0 radical (unpaired) electrons. The molecule has 6 rings (SSSR count). The van der Waals surface area contributed by atoms with E-state index in [1.165, 1.54) is 11.3 Å². The number of nitrogens with zero attached hydrogens (tertiary/aromatic N) is 2. The van der Waals surface area contributed by atoms with Gasteiger partial charge in [0, 0.05) is 40.0 Å². The summed E-state index contributed by atoms with van der Waals surface area (Å²) in [5, 5.41) is 13.2. The van der Waals surface area contributed by atoms with Crippen molar-refractivity contribution in [1.29, 1.82) is 0 Å². The summed E-state index contributed by atoms with van der Waals surface area (Å²) in [6.45, 7) is 0. The van der Waals surface area contributed by atoms with Gasteiger partial charge in [0.1, 0.15) is 6.17 Å². The maximum Gasteiger partial charge on any atom is 0.107 e. The Labute approximate surface area is 186 Å². The highest BCUT2D eigenvalue weighted by Gasteiger charge is 2.37. The van der Waals surface area contributed by atoms with Gasteiger partial charge in [-0.3, -0.25) is 5.32 Å². The fourth-order valence-corrected chi connectivity index (χ4v) is 4.73. The van der Waals surface area contributed by atoms with Gasteiger partial charge in [-0.1, -0.05) is 72.3 Å². The summed E-state index contributed by atoms with van der Waals surface area (Å²) < 4.78 is 1.95. The summed E-state index contributed by atoms with van der Waals surface area (Å²) in [6.07, 6.45) is 15.1. The fraction of sp³-hybridized carbons (Fsp3) is 0.115. The lowest BCUT2D eigenvalue weighted by atomic mass is 9.79. The minimum absolute atomic E-state index is 0.0638. The highest BCUT2D eigenvalue weighted by atomic mass is 35.5. The molecule has 0 saturated carbocycles. The van der Waals surface area contributed by atoms with Gasteiger partial charge in [-0.15, -0.1) is 0 Å². The van der Waals surface area contributed by atoms with Crippen LogP contribution in [0.3, 0.4) is 0 Å². The van der Waals surface area contributed by atoms with Crippen molar-refractivity contribution in [1.82, 2.24) is 20.4 Å². The summed E-state index contributed by atoms with van der Waals surface area (Å²) >= 11 is 6.15. The predicted molar refractivity (Wildman–Crippen MR) is 125 cm³/mol. The molecule has 3 aromatic rings. The summed E-state index contributed by atoms with van der Waals surface area (Å²) in [5.74, 6) is 0.328. The first-order valence-corrected chi connectivity index (χ1v) is 10.8. The number of rotatable bonds is 3. The van der Waals surface area contributed by atoms with Gasteiger partial charge >= 0.3 is 0 Å². The summed E-state index contributed by atoms with van der Waals surface area (Å²) in [6, 6.07) is 18.3. The van der Waals surface area contributed by atoms with Crippen LogP contribution in [0, 0.1) is 5.92 Å². The van der Waals surface area contributed by atoms with E-state index in [0.29, 0.717) is 5.92 Å². The van der Waals surface area contributed by atoms with Crippen LogP contribution in [0.1, 0.15) is 11.7 Å². The topological polar surface area (TPSA) is 41.9 Å². The molecule has 3 unspecified atom stereocenters. The van der Waals surface area contributed by atoms with E-state index in [2.05, 4.69) is 65.4 Å². The molecule has 4 nitrogen and oxygen atoms in total. The van der Waals surface area contributed by atoms with Crippen molar-refractivity contribution in [2.75, 3.05) is 0 Å². The van der Waals surface area contributed by atoms with Gasteiger partial charge in [0.25, 0.3) is 0 Å². The first-order valence-electron chi connectivity index (χ1n) is 10.5. The Morgan fingerprint density at radius 2 is 1.77 bits per heavy atom. The van der Waals surface area contributed by atoms with Gasteiger partial charge < -0.3 is 5.32 Å². The second kappa shape index (κ2) is 7.41. The normalized spacial score (nSPS) is 23.6. The van der Waals surface area contributed by atoms with Crippen LogP contribution in [0.25, 0.3) is 16.9 Å². The second-order valence-electron chi connectivity index (χ2n) is 8.00. The van der Waals surface area contributed by atoms with Crippen molar-refractivity contribution < 1.29 is 0 Å². The molecule has 2 aliphatic carbocycles. The van der Waals surface area contributed by atoms with Crippen molar-refractivity contribution in [3.8, 4) is 16.9 Å². The molecule has 0 amide bonds. The van der Waals surface area contributed by atoms with Crippen LogP contribution < -0.4 is 10.6 Å². The zero-order valence-corrected chi connectivity index (χ0v) is 17.5. The van der Waals surface area contributed by atoms with E-state index in [4.69, 9.17) is 16.7 Å². The minimum atomic E-state index is -0.0638. The number of nitrogens with one attached hydrogen (secondary N) is 2. The zero-order valence-electron chi connectivity index (χ0n) is 16.7. The van der Waals surface area contributed by atoms with Crippen LogP contribution in [0.5, 0.6) is 0 Å². The molecule has 31 heavy (non-hydrogen) atoms. The smallest absolute Gasteiger partial charge is 0.107 e. The van der Waals surface area contributed by atoms with E-state index in [1.807, 2.05) is 47.1 Å². The number of benzene rings is 2. The maximum atomic E-state index is 6.15. The molecule has 152 valence electrons. The molecule has 2 N–H and O–H groups in total. The Bertz CT molecular complexity index is 1250. The van der Waals surface area contributed by atoms with Crippen molar-refractivity contribution in [2.45, 2.75) is 12.2 Å². The van der Waals surface area contributed by atoms with Gasteiger partial charge in [0.05, 0.1) is 11.4 Å². The molecular weight excluding hydrogens is 404 g/mol. The van der Waals surface area contributed by atoms with Gasteiger partial charge in [-0.2, -0.15) is 5.10 Å². The van der Waals surface area contributed by atoms with Crippen LogP contribution in [-0.4, -0.2) is 15.8 Å². The van der Waals surface area contributed by atoms with Crippen molar-refractivity contribution in [2.24, 2.45) is 5.92 Å². The number of para-hydroxylation sites is 1. The van der Waals surface area contributed by atoms with E-state index in [-0.39, 0.29) is 12.2 Å². The zero-order chi connectivity index (χ0) is 20.8.